The van der Waals surface area contributed by atoms with Crippen LogP contribution in [0.15, 0.2) is 61.1 Å². The third-order valence-corrected chi connectivity index (χ3v) is 3.23. The quantitative estimate of drug-likeness (QED) is 0.691. The Balaban J connectivity index is 2.07. The van der Waals surface area contributed by atoms with Gasteiger partial charge in [-0.3, -0.25) is 9.97 Å². The molecule has 0 radical (unpaired) electrons. The van der Waals surface area contributed by atoms with Crippen molar-refractivity contribution in [3.8, 4) is 22.4 Å². The third-order valence-electron chi connectivity index (χ3n) is 3.23. The number of hydrogen-bond acceptors (Lipinski definition) is 2. The van der Waals surface area contributed by atoms with Crippen molar-refractivity contribution in [3.63, 3.8) is 0 Å². The van der Waals surface area contributed by atoms with E-state index in [-0.39, 0.29) is 5.82 Å². The molecule has 0 unspecified atom stereocenters. The summed E-state index contributed by atoms with van der Waals surface area (Å²) in [7, 11) is 0. The largest absolute Gasteiger partial charge is 0.264 e. The summed E-state index contributed by atoms with van der Waals surface area (Å²) >= 11 is 0. The molecule has 0 atom stereocenters. The van der Waals surface area contributed by atoms with Crippen molar-refractivity contribution in [1.29, 1.82) is 0 Å². The molecule has 3 aromatic rings. The van der Waals surface area contributed by atoms with Gasteiger partial charge in [0.15, 0.2) is 0 Å². The number of pyridine rings is 2. The first-order chi connectivity index (χ1) is 9.75. The molecule has 0 saturated carbocycles. The summed E-state index contributed by atoms with van der Waals surface area (Å²) in [6.07, 6.45) is 5.31. The monoisotopic (exact) mass is 264 g/mol. The van der Waals surface area contributed by atoms with Gasteiger partial charge in [-0.25, -0.2) is 4.39 Å². The van der Waals surface area contributed by atoms with Crippen LogP contribution in [0.1, 0.15) is 5.56 Å². The molecule has 98 valence electrons. The second kappa shape index (κ2) is 5.21. The second-order valence-electron chi connectivity index (χ2n) is 4.61. The molecule has 3 rings (SSSR count). The molecular weight excluding hydrogens is 251 g/mol. The van der Waals surface area contributed by atoms with E-state index in [1.54, 1.807) is 30.7 Å². The summed E-state index contributed by atoms with van der Waals surface area (Å²) in [5, 5.41) is 0. The molecule has 3 heteroatoms. The molecule has 20 heavy (non-hydrogen) atoms. The molecule has 0 aliphatic rings. The molecule has 2 aromatic heterocycles. The van der Waals surface area contributed by atoms with Crippen molar-refractivity contribution in [1.82, 2.24) is 9.97 Å². The Morgan fingerprint density at radius 1 is 0.950 bits per heavy atom. The molecule has 0 aliphatic heterocycles. The lowest BCUT2D eigenvalue weighted by atomic mass is 10.0. The smallest absolute Gasteiger partial charge is 0.132 e. The fourth-order valence-corrected chi connectivity index (χ4v) is 2.20. The number of benzene rings is 1. The molecule has 2 nitrogen and oxygen atoms in total. The minimum absolute atomic E-state index is 0.256. The summed E-state index contributed by atoms with van der Waals surface area (Å²) in [5.74, 6) is -0.256. The Morgan fingerprint density at radius 2 is 1.80 bits per heavy atom. The lowest BCUT2D eigenvalue weighted by Crippen LogP contribution is -1.92. The van der Waals surface area contributed by atoms with E-state index in [2.05, 4.69) is 9.97 Å². The fourth-order valence-electron chi connectivity index (χ4n) is 2.20. The van der Waals surface area contributed by atoms with Crippen LogP contribution in [0.2, 0.25) is 0 Å². The highest BCUT2D eigenvalue weighted by Gasteiger charge is 2.08. The minimum Gasteiger partial charge on any atom is -0.264 e. The predicted octanol–water partition coefficient (Wildman–Crippen LogP) is 4.26. The van der Waals surface area contributed by atoms with E-state index in [9.17, 15) is 4.39 Å². The molecule has 0 aliphatic carbocycles. The summed E-state index contributed by atoms with van der Waals surface area (Å²) in [5.41, 5.74) is 4.24. The van der Waals surface area contributed by atoms with Gasteiger partial charge >= 0.3 is 0 Å². The van der Waals surface area contributed by atoms with E-state index in [0.29, 0.717) is 11.3 Å². The van der Waals surface area contributed by atoms with Gasteiger partial charge in [0.05, 0.1) is 5.69 Å². The van der Waals surface area contributed by atoms with Crippen molar-refractivity contribution in [3.05, 3.63) is 72.4 Å². The van der Waals surface area contributed by atoms with Gasteiger partial charge in [0.1, 0.15) is 5.82 Å². The normalized spacial score (nSPS) is 10.5. The van der Waals surface area contributed by atoms with E-state index in [1.807, 2.05) is 31.2 Å². The molecule has 0 fully saturated rings. The van der Waals surface area contributed by atoms with Gasteiger partial charge in [0.25, 0.3) is 0 Å². The van der Waals surface area contributed by atoms with Crippen LogP contribution in [0.4, 0.5) is 4.39 Å². The molecule has 0 N–H and O–H groups in total. The number of halogens is 1. The van der Waals surface area contributed by atoms with E-state index in [1.165, 1.54) is 6.07 Å². The van der Waals surface area contributed by atoms with Gasteiger partial charge in [-0.15, -0.1) is 0 Å². The topological polar surface area (TPSA) is 25.8 Å². The summed E-state index contributed by atoms with van der Waals surface area (Å²) in [4.78, 5) is 8.49. The van der Waals surface area contributed by atoms with Crippen LogP contribution in [0, 0.1) is 12.7 Å². The first-order valence-electron chi connectivity index (χ1n) is 6.37. The van der Waals surface area contributed by atoms with Crippen LogP contribution in [0.5, 0.6) is 0 Å². The molecule has 2 heterocycles. The maximum Gasteiger partial charge on any atom is 0.132 e. The average Bonchev–Trinajstić information content (AvgIpc) is 2.48. The van der Waals surface area contributed by atoms with Crippen LogP contribution in [-0.4, -0.2) is 9.97 Å². The lowest BCUT2D eigenvalue weighted by Gasteiger charge is -2.08. The number of hydrogen-bond donors (Lipinski definition) is 0. The highest BCUT2D eigenvalue weighted by atomic mass is 19.1. The molecule has 0 bridgehead atoms. The first kappa shape index (κ1) is 12.5. The molecule has 0 amide bonds. The standard InChI is InChI=1S/C17H13FN2/c1-12-9-17(14-6-2-3-7-16(14)18)20-11-15(12)13-5-4-8-19-10-13/h2-11H,1H3. The zero-order chi connectivity index (χ0) is 13.9. The summed E-state index contributed by atoms with van der Waals surface area (Å²) in [6, 6.07) is 12.4. The Kier molecular flexibility index (Phi) is 3.25. The first-order valence-corrected chi connectivity index (χ1v) is 6.37. The molecule has 0 spiro atoms. The summed E-state index contributed by atoms with van der Waals surface area (Å²) in [6.45, 7) is 1.99. The van der Waals surface area contributed by atoms with Gasteiger partial charge in [-0.1, -0.05) is 18.2 Å². The number of nitrogens with zero attached hydrogens (tertiary/aromatic N) is 2. The number of aromatic nitrogens is 2. The van der Waals surface area contributed by atoms with Gasteiger partial charge in [-0.2, -0.15) is 0 Å². The zero-order valence-electron chi connectivity index (χ0n) is 11.0. The van der Waals surface area contributed by atoms with Crippen LogP contribution in [0.3, 0.4) is 0 Å². The maximum atomic E-state index is 13.8. The van der Waals surface area contributed by atoms with Crippen molar-refractivity contribution < 1.29 is 4.39 Å². The van der Waals surface area contributed by atoms with Crippen molar-refractivity contribution >= 4 is 0 Å². The second-order valence-corrected chi connectivity index (χ2v) is 4.61. The zero-order valence-corrected chi connectivity index (χ0v) is 11.0. The Hall–Kier alpha value is -2.55. The number of aryl methyl sites for hydroxylation is 1. The van der Waals surface area contributed by atoms with Gasteiger partial charge in [0, 0.05) is 35.3 Å². The SMILES string of the molecule is Cc1cc(-c2ccccc2F)ncc1-c1cccnc1. The molecule has 0 saturated heterocycles. The summed E-state index contributed by atoms with van der Waals surface area (Å²) < 4.78 is 13.8. The van der Waals surface area contributed by atoms with E-state index in [4.69, 9.17) is 0 Å². The van der Waals surface area contributed by atoms with Crippen LogP contribution in [0.25, 0.3) is 22.4 Å². The lowest BCUT2D eigenvalue weighted by molar-refractivity contribution is 0.630. The van der Waals surface area contributed by atoms with Gasteiger partial charge in [-0.05, 0) is 36.8 Å². The van der Waals surface area contributed by atoms with Crippen molar-refractivity contribution in [2.75, 3.05) is 0 Å². The van der Waals surface area contributed by atoms with Gasteiger partial charge < -0.3 is 0 Å². The highest BCUT2D eigenvalue weighted by Crippen LogP contribution is 2.27. The fraction of sp³-hybridized carbons (Fsp3) is 0.0588. The van der Waals surface area contributed by atoms with E-state index >= 15 is 0 Å². The van der Waals surface area contributed by atoms with Crippen LogP contribution >= 0.6 is 0 Å². The molecular formula is C17H13FN2. The highest BCUT2D eigenvalue weighted by molar-refractivity contribution is 5.69. The average molecular weight is 264 g/mol. The molecule has 1 aromatic carbocycles. The van der Waals surface area contributed by atoms with E-state index in [0.717, 1.165) is 16.7 Å². The van der Waals surface area contributed by atoms with Crippen molar-refractivity contribution in [2.24, 2.45) is 0 Å². The Labute approximate surface area is 117 Å². The predicted molar refractivity (Wildman–Crippen MR) is 77.6 cm³/mol. The van der Waals surface area contributed by atoms with E-state index < -0.39 is 0 Å². The van der Waals surface area contributed by atoms with Crippen LogP contribution in [-0.2, 0) is 0 Å². The third kappa shape index (κ3) is 2.30. The minimum atomic E-state index is -0.256. The Bertz CT molecular complexity index is 739. The Morgan fingerprint density at radius 3 is 2.50 bits per heavy atom. The maximum absolute atomic E-state index is 13.8. The van der Waals surface area contributed by atoms with Crippen molar-refractivity contribution in [2.45, 2.75) is 6.92 Å². The number of rotatable bonds is 2. The van der Waals surface area contributed by atoms with Crippen LogP contribution < -0.4 is 0 Å². The van der Waals surface area contributed by atoms with Gasteiger partial charge in [0.2, 0.25) is 0 Å².